The monoisotopic (exact) mass is 234 g/mol. The van der Waals surface area contributed by atoms with Gasteiger partial charge >= 0.3 is 0 Å². The molecule has 2 saturated heterocycles. The van der Waals surface area contributed by atoms with Crippen molar-refractivity contribution in [3.05, 3.63) is 0 Å². The molecule has 0 spiro atoms. The maximum absolute atomic E-state index is 9.67. The summed E-state index contributed by atoms with van der Waals surface area (Å²) < 4.78 is 21.8. The van der Waals surface area contributed by atoms with Crippen LogP contribution in [0, 0.1) is 0 Å². The maximum Gasteiger partial charge on any atom is 0.156 e. The van der Waals surface area contributed by atoms with E-state index in [-0.39, 0.29) is 19.0 Å². The molecule has 16 heavy (non-hydrogen) atoms. The molecule has 0 aromatic heterocycles. The highest BCUT2D eigenvalue weighted by molar-refractivity contribution is 4.89. The summed E-state index contributed by atoms with van der Waals surface area (Å²) in [4.78, 5) is 0. The summed E-state index contributed by atoms with van der Waals surface area (Å²) in [5, 5.41) is 18.6. The van der Waals surface area contributed by atoms with Crippen LogP contribution >= 0.6 is 0 Å². The van der Waals surface area contributed by atoms with Crippen LogP contribution in [-0.2, 0) is 18.9 Å². The molecule has 2 aliphatic heterocycles. The first-order valence-electron chi connectivity index (χ1n) is 5.48. The lowest BCUT2D eigenvalue weighted by molar-refractivity contribution is -0.361. The lowest BCUT2D eigenvalue weighted by atomic mass is 10.0. The van der Waals surface area contributed by atoms with Crippen LogP contribution in [0.3, 0.4) is 0 Å². The fourth-order valence-electron chi connectivity index (χ4n) is 2.07. The molecule has 2 N–H and O–H groups in total. The van der Waals surface area contributed by atoms with Gasteiger partial charge in [-0.05, 0) is 13.8 Å². The van der Waals surface area contributed by atoms with Gasteiger partial charge in [0.15, 0.2) is 12.6 Å². The van der Waals surface area contributed by atoms with Gasteiger partial charge in [0.25, 0.3) is 0 Å². The largest absolute Gasteiger partial charge is 0.394 e. The van der Waals surface area contributed by atoms with Gasteiger partial charge in [0.2, 0.25) is 0 Å². The van der Waals surface area contributed by atoms with Crippen LogP contribution in [0.25, 0.3) is 0 Å². The van der Waals surface area contributed by atoms with Gasteiger partial charge in [0.05, 0.1) is 13.2 Å². The van der Waals surface area contributed by atoms with Crippen LogP contribution in [0.5, 0.6) is 0 Å². The van der Waals surface area contributed by atoms with Crippen molar-refractivity contribution in [3.63, 3.8) is 0 Å². The van der Waals surface area contributed by atoms with Gasteiger partial charge in [-0.1, -0.05) is 0 Å². The minimum absolute atomic E-state index is 0.258. The predicted molar refractivity (Wildman–Crippen MR) is 52.6 cm³/mol. The first kappa shape index (κ1) is 12.2. The topological polar surface area (TPSA) is 77.4 Å². The molecule has 0 amide bonds. The summed E-state index contributed by atoms with van der Waals surface area (Å²) in [6.45, 7) is 3.56. The molecule has 2 heterocycles. The van der Waals surface area contributed by atoms with Crippen LogP contribution in [0.4, 0.5) is 0 Å². The molecule has 6 atom stereocenters. The summed E-state index contributed by atoms with van der Waals surface area (Å²) in [7, 11) is 0. The van der Waals surface area contributed by atoms with E-state index in [0.29, 0.717) is 6.61 Å². The van der Waals surface area contributed by atoms with E-state index in [1.807, 2.05) is 0 Å². The Hall–Kier alpha value is -0.240. The number of fused-ring (bicyclic) bond motifs is 1. The number of aliphatic hydroxyl groups excluding tert-OH is 2. The van der Waals surface area contributed by atoms with Gasteiger partial charge in [-0.2, -0.15) is 0 Å². The Balaban J connectivity index is 2.08. The standard InChI is InChI=1S/C10H18O6/c1-5-13-4-8-10(15-5)9(7(12)3-11)16-6(2)14-8/h5-12H,3-4H2,1-2H3/t5-,6+,7+,8+,9-,10+/m0/s1. The third-order valence-corrected chi connectivity index (χ3v) is 2.82. The molecule has 2 rings (SSSR count). The highest BCUT2D eigenvalue weighted by Crippen LogP contribution is 2.28. The average Bonchev–Trinajstić information content (AvgIpc) is 2.27. The lowest BCUT2D eigenvalue weighted by Gasteiger charge is -2.45. The quantitative estimate of drug-likeness (QED) is 0.653. The minimum atomic E-state index is -0.968. The summed E-state index contributed by atoms with van der Waals surface area (Å²) in [6, 6.07) is 0. The number of hydrogen-bond acceptors (Lipinski definition) is 6. The summed E-state index contributed by atoms with van der Waals surface area (Å²) in [5.74, 6) is 0. The molecule has 0 radical (unpaired) electrons. The normalized spacial score (nSPS) is 46.1. The van der Waals surface area contributed by atoms with Gasteiger partial charge in [0, 0.05) is 0 Å². The first-order chi connectivity index (χ1) is 7.61. The molecule has 0 aromatic carbocycles. The molecule has 0 unspecified atom stereocenters. The van der Waals surface area contributed by atoms with Crippen molar-refractivity contribution in [2.45, 2.75) is 50.8 Å². The van der Waals surface area contributed by atoms with Crippen molar-refractivity contribution in [1.29, 1.82) is 0 Å². The smallest absolute Gasteiger partial charge is 0.156 e. The SMILES string of the molecule is C[C@H]1OC[C@H]2O[C@@H](C)O[C@@H]([C@H](O)CO)[C@@H]2O1. The first-order valence-corrected chi connectivity index (χ1v) is 5.48. The number of rotatable bonds is 2. The van der Waals surface area contributed by atoms with Crippen LogP contribution in [0.15, 0.2) is 0 Å². The third kappa shape index (κ3) is 2.37. The Morgan fingerprint density at radius 2 is 1.94 bits per heavy atom. The zero-order chi connectivity index (χ0) is 11.7. The maximum atomic E-state index is 9.67. The van der Waals surface area contributed by atoms with Crippen molar-refractivity contribution in [2.75, 3.05) is 13.2 Å². The van der Waals surface area contributed by atoms with Crippen molar-refractivity contribution < 1.29 is 29.2 Å². The molecule has 0 aliphatic carbocycles. The van der Waals surface area contributed by atoms with Crippen LogP contribution in [0.2, 0.25) is 0 Å². The van der Waals surface area contributed by atoms with Gasteiger partial charge in [-0.15, -0.1) is 0 Å². The molecule has 0 aromatic rings. The zero-order valence-electron chi connectivity index (χ0n) is 9.41. The van der Waals surface area contributed by atoms with E-state index < -0.39 is 24.6 Å². The Morgan fingerprint density at radius 3 is 2.62 bits per heavy atom. The van der Waals surface area contributed by atoms with E-state index in [9.17, 15) is 5.11 Å². The molecule has 6 nitrogen and oxygen atoms in total. The molecular weight excluding hydrogens is 216 g/mol. The van der Waals surface area contributed by atoms with Crippen molar-refractivity contribution in [2.24, 2.45) is 0 Å². The Kier molecular flexibility index (Phi) is 3.78. The zero-order valence-corrected chi connectivity index (χ0v) is 9.41. The second-order valence-corrected chi connectivity index (χ2v) is 4.09. The minimum Gasteiger partial charge on any atom is -0.394 e. The Bertz CT molecular complexity index is 233. The predicted octanol–water partition coefficient (Wildman–Crippen LogP) is -0.769. The highest BCUT2D eigenvalue weighted by Gasteiger charge is 2.45. The Morgan fingerprint density at radius 1 is 1.19 bits per heavy atom. The summed E-state index contributed by atoms with van der Waals surface area (Å²) >= 11 is 0. The molecule has 2 fully saturated rings. The van der Waals surface area contributed by atoms with Gasteiger partial charge < -0.3 is 29.2 Å². The van der Waals surface area contributed by atoms with E-state index in [2.05, 4.69) is 0 Å². The van der Waals surface area contributed by atoms with Gasteiger partial charge in [-0.25, -0.2) is 0 Å². The number of aliphatic hydroxyl groups is 2. The fraction of sp³-hybridized carbons (Fsp3) is 1.00. The molecular formula is C10H18O6. The molecule has 2 aliphatic rings. The molecule has 6 heteroatoms. The summed E-state index contributed by atoms with van der Waals surface area (Å²) in [6.07, 6.45) is -2.99. The van der Waals surface area contributed by atoms with E-state index in [0.717, 1.165) is 0 Å². The Labute approximate surface area is 94.1 Å². The third-order valence-electron chi connectivity index (χ3n) is 2.82. The van der Waals surface area contributed by atoms with Crippen LogP contribution in [-0.4, -0.2) is 60.4 Å². The molecule has 0 bridgehead atoms. The van der Waals surface area contributed by atoms with Crippen molar-refractivity contribution in [3.8, 4) is 0 Å². The van der Waals surface area contributed by atoms with E-state index in [1.54, 1.807) is 13.8 Å². The summed E-state index contributed by atoms with van der Waals surface area (Å²) in [5.41, 5.74) is 0. The highest BCUT2D eigenvalue weighted by atomic mass is 16.8. The second-order valence-electron chi connectivity index (χ2n) is 4.09. The lowest BCUT2D eigenvalue weighted by Crippen LogP contribution is -2.60. The number of hydrogen-bond donors (Lipinski definition) is 2. The van der Waals surface area contributed by atoms with Crippen molar-refractivity contribution in [1.82, 2.24) is 0 Å². The van der Waals surface area contributed by atoms with Gasteiger partial charge in [0.1, 0.15) is 24.4 Å². The van der Waals surface area contributed by atoms with E-state index >= 15 is 0 Å². The van der Waals surface area contributed by atoms with Crippen molar-refractivity contribution >= 4 is 0 Å². The van der Waals surface area contributed by atoms with E-state index in [1.165, 1.54) is 0 Å². The van der Waals surface area contributed by atoms with Gasteiger partial charge in [-0.3, -0.25) is 0 Å². The van der Waals surface area contributed by atoms with Crippen LogP contribution < -0.4 is 0 Å². The molecule has 94 valence electrons. The second kappa shape index (κ2) is 4.95. The molecule has 0 saturated carbocycles. The number of ether oxygens (including phenoxy) is 4. The van der Waals surface area contributed by atoms with E-state index in [4.69, 9.17) is 24.1 Å². The fourth-order valence-corrected chi connectivity index (χ4v) is 2.07. The average molecular weight is 234 g/mol. The van der Waals surface area contributed by atoms with Crippen LogP contribution in [0.1, 0.15) is 13.8 Å².